The van der Waals surface area contributed by atoms with E-state index in [0.29, 0.717) is 4.90 Å². The van der Waals surface area contributed by atoms with Gasteiger partial charge in [-0.2, -0.15) is 22.0 Å². The molecular weight excluding hydrogens is 209 g/mol. The van der Waals surface area contributed by atoms with Gasteiger partial charge in [-0.3, -0.25) is 4.79 Å². The van der Waals surface area contributed by atoms with Crippen molar-refractivity contribution in [1.82, 2.24) is 4.90 Å². The SMILES string of the molecule is CC(C)N(C)C(=O)C(F)(F)C(F)(F)F. The van der Waals surface area contributed by atoms with Crippen molar-refractivity contribution in [3.63, 3.8) is 0 Å². The molecule has 0 rings (SSSR count). The molecule has 0 aromatic heterocycles. The fourth-order valence-corrected chi connectivity index (χ4v) is 0.577. The second-order valence-electron chi connectivity index (χ2n) is 3.08. The van der Waals surface area contributed by atoms with Crippen LogP contribution in [0.25, 0.3) is 0 Å². The molecule has 7 heteroatoms. The van der Waals surface area contributed by atoms with E-state index >= 15 is 0 Å². The average Bonchev–Trinajstić information content (AvgIpc) is 1.99. The van der Waals surface area contributed by atoms with Crippen LogP contribution < -0.4 is 0 Å². The van der Waals surface area contributed by atoms with Gasteiger partial charge < -0.3 is 4.90 Å². The molecule has 0 saturated heterocycles. The van der Waals surface area contributed by atoms with Crippen LogP contribution in [0.3, 0.4) is 0 Å². The summed E-state index contributed by atoms with van der Waals surface area (Å²) in [5.74, 6) is -7.55. The first kappa shape index (κ1) is 13.1. The molecule has 0 aromatic carbocycles. The first-order valence-electron chi connectivity index (χ1n) is 3.73. The molecule has 0 aliphatic rings. The quantitative estimate of drug-likeness (QED) is 0.651. The lowest BCUT2D eigenvalue weighted by atomic mass is 10.2. The Bertz CT molecular complexity index is 223. The highest BCUT2D eigenvalue weighted by Crippen LogP contribution is 2.36. The van der Waals surface area contributed by atoms with E-state index in [4.69, 9.17) is 0 Å². The molecule has 1 amide bonds. The Hall–Kier alpha value is -0.880. The smallest absolute Gasteiger partial charge is 0.338 e. The molecule has 0 heterocycles. The molecule has 2 nitrogen and oxygen atoms in total. The predicted octanol–water partition coefficient (Wildman–Crippen LogP) is 2.05. The maximum Gasteiger partial charge on any atom is 0.463 e. The first-order chi connectivity index (χ1) is 6.01. The molecule has 0 aromatic rings. The summed E-state index contributed by atoms with van der Waals surface area (Å²) in [6.45, 7) is 2.68. The summed E-state index contributed by atoms with van der Waals surface area (Å²) in [5.41, 5.74) is 0. The fraction of sp³-hybridized carbons (Fsp3) is 0.857. The molecule has 0 N–H and O–H groups in total. The van der Waals surface area contributed by atoms with Crippen LogP contribution in [0.15, 0.2) is 0 Å². The monoisotopic (exact) mass is 219 g/mol. The zero-order valence-electron chi connectivity index (χ0n) is 7.82. The van der Waals surface area contributed by atoms with Gasteiger partial charge in [0, 0.05) is 13.1 Å². The van der Waals surface area contributed by atoms with Crippen LogP contribution in [-0.4, -0.2) is 36.0 Å². The summed E-state index contributed by atoms with van der Waals surface area (Å²) in [5, 5.41) is 0. The number of carbonyl (C=O) groups excluding carboxylic acids is 1. The predicted molar refractivity (Wildman–Crippen MR) is 38.9 cm³/mol. The Balaban J connectivity index is 4.86. The Morgan fingerprint density at radius 1 is 1.14 bits per heavy atom. The van der Waals surface area contributed by atoms with Crippen molar-refractivity contribution in [2.45, 2.75) is 32.0 Å². The zero-order chi connectivity index (χ0) is 11.7. The second kappa shape index (κ2) is 3.70. The molecule has 0 saturated carbocycles. The van der Waals surface area contributed by atoms with Crippen LogP contribution in [0.2, 0.25) is 0 Å². The van der Waals surface area contributed by atoms with Gasteiger partial charge in [0.25, 0.3) is 0 Å². The van der Waals surface area contributed by atoms with Gasteiger partial charge in [-0.05, 0) is 13.8 Å². The van der Waals surface area contributed by atoms with Crippen LogP contribution in [0, 0.1) is 0 Å². The largest absolute Gasteiger partial charge is 0.463 e. The minimum atomic E-state index is -5.84. The molecular formula is C7H10F5NO. The molecule has 0 aliphatic carbocycles. The minimum Gasteiger partial charge on any atom is -0.338 e. The van der Waals surface area contributed by atoms with Crippen molar-refractivity contribution < 1.29 is 26.7 Å². The third-order valence-electron chi connectivity index (χ3n) is 1.72. The Labute approximate surface area is 77.7 Å². The van der Waals surface area contributed by atoms with E-state index in [0.717, 1.165) is 7.05 Å². The number of hydrogen-bond acceptors (Lipinski definition) is 1. The van der Waals surface area contributed by atoms with Crippen LogP contribution in [0.5, 0.6) is 0 Å². The summed E-state index contributed by atoms with van der Waals surface area (Å²) in [6.07, 6.45) is -5.84. The highest BCUT2D eigenvalue weighted by atomic mass is 19.4. The summed E-state index contributed by atoms with van der Waals surface area (Å²) in [6, 6.07) is -0.712. The van der Waals surface area contributed by atoms with Crippen molar-refractivity contribution >= 4 is 5.91 Å². The van der Waals surface area contributed by atoms with Gasteiger partial charge in [0.15, 0.2) is 0 Å². The first-order valence-corrected chi connectivity index (χ1v) is 3.73. The number of alkyl halides is 5. The topological polar surface area (TPSA) is 20.3 Å². The van der Waals surface area contributed by atoms with Gasteiger partial charge in [0.05, 0.1) is 0 Å². The van der Waals surface area contributed by atoms with E-state index in [2.05, 4.69) is 0 Å². The molecule has 14 heavy (non-hydrogen) atoms. The van der Waals surface area contributed by atoms with E-state index in [-0.39, 0.29) is 0 Å². The zero-order valence-corrected chi connectivity index (χ0v) is 7.82. The van der Waals surface area contributed by atoms with E-state index in [9.17, 15) is 26.7 Å². The van der Waals surface area contributed by atoms with Crippen LogP contribution in [0.1, 0.15) is 13.8 Å². The average molecular weight is 219 g/mol. The van der Waals surface area contributed by atoms with Crippen LogP contribution in [0.4, 0.5) is 22.0 Å². The summed E-state index contributed by atoms with van der Waals surface area (Å²) in [7, 11) is 0.895. The van der Waals surface area contributed by atoms with E-state index < -0.39 is 24.0 Å². The highest BCUT2D eigenvalue weighted by Gasteiger charge is 2.64. The normalized spacial score (nSPS) is 13.2. The van der Waals surface area contributed by atoms with E-state index in [1.54, 1.807) is 0 Å². The molecule has 0 unspecified atom stereocenters. The van der Waals surface area contributed by atoms with Crippen molar-refractivity contribution in [2.75, 3.05) is 7.05 Å². The molecule has 0 atom stereocenters. The number of carbonyl (C=O) groups is 1. The third kappa shape index (κ3) is 2.33. The van der Waals surface area contributed by atoms with Gasteiger partial charge >= 0.3 is 18.0 Å². The Morgan fingerprint density at radius 3 is 1.71 bits per heavy atom. The molecule has 0 aliphatic heterocycles. The Morgan fingerprint density at radius 2 is 1.50 bits per heavy atom. The van der Waals surface area contributed by atoms with Crippen LogP contribution in [-0.2, 0) is 4.79 Å². The lowest BCUT2D eigenvalue weighted by Gasteiger charge is -2.27. The van der Waals surface area contributed by atoms with Gasteiger partial charge in [-0.25, -0.2) is 0 Å². The fourth-order valence-electron chi connectivity index (χ4n) is 0.577. The van der Waals surface area contributed by atoms with Crippen LogP contribution >= 0.6 is 0 Å². The van der Waals surface area contributed by atoms with Crippen molar-refractivity contribution in [1.29, 1.82) is 0 Å². The molecule has 84 valence electrons. The number of rotatable bonds is 2. The highest BCUT2D eigenvalue weighted by molar-refractivity contribution is 5.84. The van der Waals surface area contributed by atoms with Crippen molar-refractivity contribution in [2.24, 2.45) is 0 Å². The molecule has 0 fully saturated rings. The summed E-state index contributed by atoms with van der Waals surface area (Å²) < 4.78 is 60.0. The maximum atomic E-state index is 12.4. The number of hydrogen-bond donors (Lipinski definition) is 0. The second-order valence-corrected chi connectivity index (χ2v) is 3.08. The summed E-state index contributed by atoms with van der Waals surface area (Å²) >= 11 is 0. The lowest BCUT2D eigenvalue weighted by Crippen LogP contribution is -2.52. The van der Waals surface area contributed by atoms with Gasteiger partial charge in [-0.1, -0.05) is 0 Å². The number of nitrogens with zero attached hydrogens (tertiary/aromatic N) is 1. The minimum absolute atomic E-state index is 0.355. The standard InChI is InChI=1S/C7H10F5NO/c1-4(2)13(3)5(14)6(8,9)7(10,11)12/h4H,1-3H3. The van der Waals surface area contributed by atoms with Gasteiger partial charge in [0.2, 0.25) is 0 Å². The van der Waals surface area contributed by atoms with Crippen molar-refractivity contribution in [3.05, 3.63) is 0 Å². The van der Waals surface area contributed by atoms with Gasteiger partial charge in [0.1, 0.15) is 0 Å². The third-order valence-corrected chi connectivity index (χ3v) is 1.72. The van der Waals surface area contributed by atoms with Crippen molar-refractivity contribution in [3.8, 4) is 0 Å². The Kier molecular flexibility index (Phi) is 3.47. The lowest BCUT2D eigenvalue weighted by molar-refractivity contribution is -0.274. The molecule has 0 bridgehead atoms. The number of amides is 1. The van der Waals surface area contributed by atoms with E-state index in [1.807, 2.05) is 0 Å². The van der Waals surface area contributed by atoms with E-state index in [1.165, 1.54) is 13.8 Å². The molecule has 0 spiro atoms. The molecule has 0 radical (unpaired) electrons. The number of halogens is 5. The maximum absolute atomic E-state index is 12.4. The van der Waals surface area contributed by atoms with Gasteiger partial charge in [-0.15, -0.1) is 0 Å². The summed E-state index contributed by atoms with van der Waals surface area (Å²) in [4.78, 5) is 11.1.